The van der Waals surface area contributed by atoms with E-state index in [-0.39, 0.29) is 0 Å². The number of hydrogen-bond donors (Lipinski definition) is 2. The van der Waals surface area contributed by atoms with Crippen molar-refractivity contribution in [2.24, 2.45) is 11.5 Å². The SMILES string of the molecule is Cc1ccccc1OC(C)(N)N. The van der Waals surface area contributed by atoms with Crippen LogP contribution in [0.3, 0.4) is 0 Å². The van der Waals surface area contributed by atoms with Crippen LogP contribution in [-0.4, -0.2) is 5.85 Å². The number of hydrogen-bond acceptors (Lipinski definition) is 3. The third kappa shape index (κ3) is 2.53. The highest BCUT2D eigenvalue weighted by Gasteiger charge is 2.13. The summed E-state index contributed by atoms with van der Waals surface area (Å²) in [5, 5.41) is 0. The second-order valence-electron chi connectivity index (χ2n) is 3.05. The lowest BCUT2D eigenvalue weighted by molar-refractivity contribution is 0.103. The van der Waals surface area contributed by atoms with E-state index in [9.17, 15) is 0 Å². The molecule has 0 atom stereocenters. The number of nitrogens with two attached hydrogens (primary N) is 2. The zero-order valence-corrected chi connectivity index (χ0v) is 7.37. The summed E-state index contributed by atoms with van der Waals surface area (Å²) >= 11 is 0. The Labute approximate surface area is 72.3 Å². The first-order valence-corrected chi connectivity index (χ1v) is 3.81. The Bertz CT molecular complexity index is 265. The first-order chi connectivity index (χ1) is 5.49. The van der Waals surface area contributed by atoms with Gasteiger partial charge in [0.25, 0.3) is 0 Å². The minimum Gasteiger partial charge on any atom is -0.460 e. The fourth-order valence-electron chi connectivity index (χ4n) is 0.908. The zero-order valence-electron chi connectivity index (χ0n) is 7.37. The van der Waals surface area contributed by atoms with Crippen molar-refractivity contribution < 1.29 is 4.74 Å². The van der Waals surface area contributed by atoms with Crippen molar-refractivity contribution >= 4 is 0 Å². The van der Waals surface area contributed by atoms with Gasteiger partial charge in [-0.05, 0) is 18.6 Å². The average Bonchev–Trinajstić information content (AvgIpc) is 1.91. The molecule has 0 aliphatic carbocycles. The van der Waals surface area contributed by atoms with Gasteiger partial charge in [0.05, 0.1) is 0 Å². The minimum absolute atomic E-state index is 0.727. The van der Waals surface area contributed by atoms with E-state index in [1.54, 1.807) is 6.92 Å². The van der Waals surface area contributed by atoms with Gasteiger partial charge < -0.3 is 4.74 Å². The van der Waals surface area contributed by atoms with Crippen LogP contribution in [0.1, 0.15) is 12.5 Å². The van der Waals surface area contributed by atoms with Gasteiger partial charge in [-0.2, -0.15) is 0 Å². The fraction of sp³-hybridized carbons (Fsp3) is 0.333. The molecule has 0 saturated heterocycles. The van der Waals surface area contributed by atoms with Crippen LogP contribution < -0.4 is 16.2 Å². The molecule has 0 aliphatic rings. The van der Waals surface area contributed by atoms with Crippen LogP contribution >= 0.6 is 0 Å². The van der Waals surface area contributed by atoms with Crippen LogP contribution in [0.4, 0.5) is 0 Å². The maximum absolute atomic E-state index is 5.49. The minimum atomic E-state index is -1.11. The molecule has 3 heteroatoms. The molecule has 0 spiro atoms. The van der Waals surface area contributed by atoms with Gasteiger partial charge in [-0.3, -0.25) is 11.5 Å². The second kappa shape index (κ2) is 3.13. The van der Waals surface area contributed by atoms with E-state index in [1.807, 2.05) is 31.2 Å². The Morgan fingerprint density at radius 2 is 1.83 bits per heavy atom. The Morgan fingerprint density at radius 3 is 2.33 bits per heavy atom. The molecule has 0 bridgehead atoms. The Balaban J connectivity index is 2.83. The Morgan fingerprint density at radius 1 is 1.25 bits per heavy atom. The summed E-state index contributed by atoms with van der Waals surface area (Å²) in [5.41, 5.74) is 12.0. The van der Waals surface area contributed by atoms with E-state index in [0.29, 0.717) is 0 Å². The summed E-state index contributed by atoms with van der Waals surface area (Å²) in [6.45, 7) is 3.56. The van der Waals surface area contributed by atoms with Crippen molar-refractivity contribution in [3.8, 4) is 5.75 Å². The van der Waals surface area contributed by atoms with Crippen molar-refractivity contribution in [3.63, 3.8) is 0 Å². The van der Waals surface area contributed by atoms with Crippen molar-refractivity contribution in [1.82, 2.24) is 0 Å². The molecule has 1 aromatic carbocycles. The van der Waals surface area contributed by atoms with Gasteiger partial charge in [-0.15, -0.1) is 0 Å². The van der Waals surface area contributed by atoms with Gasteiger partial charge in [0, 0.05) is 6.92 Å². The lowest BCUT2D eigenvalue weighted by Crippen LogP contribution is -2.51. The van der Waals surface area contributed by atoms with Crippen molar-refractivity contribution in [2.75, 3.05) is 0 Å². The van der Waals surface area contributed by atoms with Gasteiger partial charge in [0.15, 0.2) is 0 Å². The summed E-state index contributed by atoms with van der Waals surface area (Å²) in [6, 6.07) is 7.61. The van der Waals surface area contributed by atoms with Crippen LogP contribution in [0.25, 0.3) is 0 Å². The van der Waals surface area contributed by atoms with Gasteiger partial charge in [-0.25, -0.2) is 0 Å². The van der Waals surface area contributed by atoms with E-state index in [1.165, 1.54) is 0 Å². The first-order valence-electron chi connectivity index (χ1n) is 3.81. The molecule has 0 radical (unpaired) electrons. The van der Waals surface area contributed by atoms with Crippen molar-refractivity contribution in [1.29, 1.82) is 0 Å². The molecule has 3 nitrogen and oxygen atoms in total. The van der Waals surface area contributed by atoms with Gasteiger partial charge in [-0.1, -0.05) is 18.2 Å². The molecule has 1 rings (SSSR count). The predicted molar refractivity (Wildman–Crippen MR) is 48.6 cm³/mol. The molecule has 66 valence electrons. The maximum atomic E-state index is 5.49. The molecule has 12 heavy (non-hydrogen) atoms. The molecule has 0 unspecified atom stereocenters. The van der Waals surface area contributed by atoms with Crippen LogP contribution in [-0.2, 0) is 0 Å². The highest BCUT2D eigenvalue weighted by Crippen LogP contribution is 2.17. The fourth-order valence-corrected chi connectivity index (χ4v) is 0.908. The van der Waals surface area contributed by atoms with Crippen LogP contribution in [0, 0.1) is 6.92 Å². The Kier molecular flexibility index (Phi) is 2.35. The van der Waals surface area contributed by atoms with Crippen LogP contribution in [0.15, 0.2) is 24.3 Å². The topological polar surface area (TPSA) is 61.3 Å². The summed E-state index contributed by atoms with van der Waals surface area (Å²) in [4.78, 5) is 0. The summed E-state index contributed by atoms with van der Waals surface area (Å²) in [5.74, 6) is -0.378. The van der Waals surface area contributed by atoms with Gasteiger partial charge in [0.1, 0.15) is 5.75 Å². The molecule has 0 heterocycles. The molecular formula is C9H14N2O. The van der Waals surface area contributed by atoms with E-state index < -0.39 is 5.85 Å². The van der Waals surface area contributed by atoms with Crippen LogP contribution in [0.2, 0.25) is 0 Å². The molecule has 0 saturated carbocycles. The number of ether oxygens (including phenoxy) is 1. The van der Waals surface area contributed by atoms with E-state index in [2.05, 4.69) is 0 Å². The van der Waals surface area contributed by atoms with Crippen molar-refractivity contribution in [2.45, 2.75) is 19.7 Å². The number of aryl methyl sites for hydroxylation is 1. The molecule has 0 amide bonds. The summed E-state index contributed by atoms with van der Waals surface area (Å²) < 4.78 is 5.29. The van der Waals surface area contributed by atoms with E-state index >= 15 is 0 Å². The number of para-hydroxylation sites is 1. The third-order valence-electron chi connectivity index (χ3n) is 1.42. The van der Waals surface area contributed by atoms with Crippen LogP contribution in [0.5, 0.6) is 5.75 Å². The highest BCUT2D eigenvalue weighted by atomic mass is 16.5. The first kappa shape index (κ1) is 9.03. The molecule has 0 fully saturated rings. The third-order valence-corrected chi connectivity index (χ3v) is 1.42. The lowest BCUT2D eigenvalue weighted by atomic mass is 10.2. The predicted octanol–water partition coefficient (Wildman–Crippen LogP) is 0.965. The number of rotatable bonds is 2. The van der Waals surface area contributed by atoms with E-state index in [0.717, 1.165) is 11.3 Å². The molecule has 0 aromatic heterocycles. The zero-order chi connectivity index (χ0) is 9.19. The van der Waals surface area contributed by atoms with Crippen molar-refractivity contribution in [3.05, 3.63) is 29.8 Å². The monoisotopic (exact) mass is 166 g/mol. The Hall–Kier alpha value is -1.06. The number of benzene rings is 1. The second-order valence-corrected chi connectivity index (χ2v) is 3.05. The van der Waals surface area contributed by atoms with Gasteiger partial charge in [0.2, 0.25) is 5.85 Å². The van der Waals surface area contributed by atoms with E-state index in [4.69, 9.17) is 16.2 Å². The molecule has 1 aromatic rings. The normalized spacial score (nSPS) is 11.3. The highest BCUT2D eigenvalue weighted by molar-refractivity contribution is 5.32. The lowest BCUT2D eigenvalue weighted by Gasteiger charge is -2.21. The van der Waals surface area contributed by atoms with Gasteiger partial charge >= 0.3 is 0 Å². The standard InChI is InChI=1S/C9H14N2O/c1-7-5-3-4-6-8(7)12-9(2,10)11/h3-6H,10-11H2,1-2H3. The quantitative estimate of drug-likeness (QED) is 0.643. The average molecular weight is 166 g/mol. The summed E-state index contributed by atoms with van der Waals surface area (Å²) in [6.07, 6.45) is 0. The molecular weight excluding hydrogens is 152 g/mol. The largest absolute Gasteiger partial charge is 0.460 e. The smallest absolute Gasteiger partial charge is 0.209 e. The molecule has 4 N–H and O–H groups in total. The molecule has 0 aliphatic heterocycles. The maximum Gasteiger partial charge on any atom is 0.209 e. The summed E-state index contributed by atoms with van der Waals surface area (Å²) in [7, 11) is 0.